The molecule has 1 heterocycles. The predicted molar refractivity (Wildman–Crippen MR) is 59.2 cm³/mol. The van der Waals surface area contributed by atoms with Crippen molar-refractivity contribution in [2.75, 3.05) is 0 Å². The Hall–Kier alpha value is -1.20. The fourth-order valence-electron chi connectivity index (χ4n) is 1.28. The fraction of sp³-hybridized carbons (Fsp3) is 0.200. The van der Waals surface area contributed by atoms with E-state index in [0.717, 1.165) is 10.0 Å². The average molecular weight is 268 g/mol. The van der Waals surface area contributed by atoms with Crippen molar-refractivity contribution in [2.45, 2.75) is 13.0 Å². The summed E-state index contributed by atoms with van der Waals surface area (Å²) in [4.78, 5) is 0. The van der Waals surface area contributed by atoms with Crippen molar-refractivity contribution in [3.8, 4) is 0 Å². The van der Waals surface area contributed by atoms with Gasteiger partial charge in [-0.05, 0) is 17.7 Å². The van der Waals surface area contributed by atoms with Gasteiger partial charge in [0.25, 0.3) is 0 Å². The van der Waals surface area contributed by atoms with Crippen LogP contribution in [0.3, 0.4) is 0 Å². The number of rotatable bonds is 2. The smallest absolute Gasteiger partial charge is 0.237 e. The first kappa shape index (κ1) is 10.3. The third kappa shape index (κ3) is 2.24. The van der Waals surface area contributed by atoms with E-state index in [1.54, 1.807) is 6.92 Å². The average Bonchev–Trinajstić information content (AvgIpc) is 2.64. The molecule has 2 rings (SSSR count). The number of hydrogen-bond acceptors (Lipinski definition) is 4. The molecule has 0 radical (unpaired) electrons. The minimum absolute atomic E-state index is 0.372. The molecule has 15 heavy (non-hydrogen) atoms. The molecule has 1 aromatic heterocycles. The van der Waals surface area contributed by atoms with Gasteiger partial charge in [-0.25, -0.2) is 0 Å². The second-order valence-electron chi connectivity index (χ2n) is 3.19. The summed E-state index contributed by atoms with van der Waals surface area (Å²) >= 11 is 3.39. The van der Waals surface area contributed by atoms with E-state index in [1.807, 2.05) is 24.3 Å². The van der Waals surface area contributed by atoms with Crippen LogP contribution in [0.5, 0.6) is 0 Å². The Labute approximate surface area is 95.6 Å². The van der Waals surface area contributed by atoms with Crippen molar-refractivity contribution < 1.29 is 4.42 Å². The van der Waals surface area contributed by atoms with E-state index in [1.165, 1.54) is 0 Å². The first-order valence-electron chi connectivity index (χ1n) is 4.48. The number of hydrogen-bond donors (Lipinski definition) is 1. The topological polar surface area (TPSA) is 64.9 Å². The van der Waals surface area contributed by atoms with Crippen LogP contribution in [0.15, 0.2) is 33.2 Å². The highest BCUT2D eigenvalue weighted by molar-refractivity contribution is 9.10. The van der Waals surface area contributed by atoms with E-state index in [4.69, 9.17) is 10.2 Å². The lowest BCUT2D eigenvalue weighted by molar-refractivity contribution is 0.450. The van der Waals surface area contributed by atoms with E-state index in [0.29, 0.717) is 11.8 Å². The number of aryl methyl sites for hydroxylation is 1. The normalized spacial score (nSPS) is 12.7. The molecule has 0 saturated heterocycles. The summed E-state index contributed by atoms with van der Waals surface area (Å²) < 4.78 is 6.26. The highest BCUT2D eigenvalue weighted by atomic mass is 79.9. The van der Waals surface area contributed by atoms with Crippen molar-refractivity contribution in [3.63, 3.8) is 0 Å². The lowest BCUT2D eigenvalue weighted by Gasteiger charge is -2.07. The predicted octanol–water partition coefficient (Wildman–Crippen LogP) is 2.19. The van der Waals surface area contributed by atoms with Gasteiger partial charge in [-0.3, -0.25) is 0 Å². The van der Waals surface area contributed by atoms with Gasteiger partial charge >= 0.3 is 0 Å². The summed E-state index contributed by atoms with van der Waals surface area (Å²) in [6.45, 7) is 1.74. The molecule has 0 saturated carbocycles. The molecule has 0 aliphatic carbocycles. The molecule has 0 bridgehead atoms. The highest BCUT2D eigenvalue weighted by Gasteiger charge is 2.15. The molecule has 0 spiro atoms. The van der Waals surface area contributed by atoms with Crippen LogP contribution in [0.1, 0.15) is 23.4 Å². The van der Waals surface area contributed by atoms with Gasteiger partial charge in [0, 0.05) is 11.4 Å². The molecule has 0 aliphatic rings. The van der Waals surface area contributed by atoms with Crippen LogP contribution in [0, 0.1) is 6.92 Å². The minimum Gasteiger partial charge on any atom is -0.424 e. The minimum atomic E-state index is -0.372. The van der Waals surface area contributed by atoms with Gasteiger partial charge in [-0.15, -0.1) is 10.2 Å². The molecule has 0 aliphatic heterocycles. The third-order valence-corrected chi connectivity index (χ3v) is 2.51. The van der Waals surface area contributed by atoms with Crippen molar-refractivity contribution in [1.29, 1.82) is 0 Å². The van der Waals surface area contributed by atoms with Crippen LogP contribution < -0.4 is 5.73 Å². The maximum atomic E-state index is 5.98. The third-order valence-electron chi connectivity index (χ3n) is 2.02. The zero-order valence-corrected chi connectivity index (χ0v) is 9.73. The maximum absolute atomic E-state index is 5.98. The molecule has 0 fully saturated rings. The summed E-state index contributed by atoms with van der Waals surface area (Å²) in [5, 5.41) is 7.64. The maximum Gasteiger partial charge on any atom is 0.237 e. The number of halogens is 1. The monoisotopic (exact) mass is 267 g/mol. The molecule has 2 aromatic rings. The van der Waals surface area contributed by atoms with E-state index < -0.39 is 0 Å². The van der Waals surface area contributed by atoms with Crippen LogP contribution in [-0.4, -0.2) is 10.2 Å². The first-order chi connectivity index (χ1) is 7.16. The largest absolute Gasteiger partial charge is 0.424 e. The number of aromatic nitrogens is 2. The van der Waals surface area contributed by atoms with Crippen LogP contribution in [0.4, 0.5) is 0 Å². The molecule has 1 atom stereocenters. The molecular weight excluding hydrogens is 258 g/mol. The quantitative estimate of drug-likeness (QED) is 0.906. The van der Waals surface area contributed by atoms with Gasteiger partial charge < -0.3 is 10.2 Å². The van der Waals surface area contributed by atoms with Gasteiger partial charge in [0.05, 0.1) is 0 Å². The van der Waals surface area contributed by atoms with Gasteiger partial charge in [-0.1, -0.05) is 28.1 Å². The Balaban J connectivity index is 2.32. The molecule has 0 amide bonds. The zero-order chi connectivity index (χ0) is 10.8. The second kappa shape index (κ2) is 4.12. The van der Waals surface area contributed by atoms with Crippen molar-refractivity contribution in [3.05, 3.63) is 46.1 Å². The summed E-state index contributed by atoms with van der Waals surface area (Å²) in [5.74, 6) is 0.959. The Morgan fingerprint density at radius 3 is 2.80 bits per heavy atom. The summed E-state index contributed by atoms with van der Waals surface area (Å²) in [6.07, 6.45) is 0. The van der Waals surface area contributed by atoms with Crippen molar-refractivity contribution >= 4 is 15.9 Å². The molecule has 1 unspecified atom stereocenters. The molecule has 2 N–H and O–H groups in total. The lowest BCUT2D eigenvalue weighted by atomic mass is 10.1. The molecule has 1 aromatic carbocycles. The molecule has 4 nitrogen and oxygen atoms in total. The van der Waals surface area contributed by atoms with Gasteiger partial charge in [0.2, 0.25) is 11.8 Å². The van der Waals surface area contributed by atoms with Crippen molar-refractivity contribution in [2.24, 2.45) is 5.73 Å². The number of nitrogens with zero attached hydrogens (tertiary/aromatic N) is 2. The van der Waals surface area contributed by atoms with E-state index in [9.17, 15) is 0 Å². The standard InChI is InChI=1S/C10H10BrN3O/c1-6-13-14-10(15-6)9(12)7-3-2-4-8(11)5-7/h2-5,9H,12H2,1H3. The zero-order valence-electron chi connectivity index (χ0n) is 8.14. The van der Waals surface area contributed by atoms with Gasteiger partial charge in [0.15, 0.2) is 0 Å². The number of benzene rings is 1. The molecule has 5 heteroatoms. The SMILES string of the molecule is Cc1nnc(C(N)c2cccc(Br)c2)o1. The Bertz CT molecular complexity index is 469. The van der Waals surface area contributed by atoms with Gasteiger partial charge in [0.1, 0.15) is 6.04 Å². The Morgan fingerprint density at radius 2 is 2.20 bits per heavy atom. The fourth-order valence-corrected chi connectivity index (χ4v) is 1.70. The van der Waals surface area contributed by atoms with Crippen LogP contribution in [0.25, 0.3) is 0 Å². The van der Waals surface area contributed by atoms with E-state index >= 15 is 0 Å². The van der Waals surface area contributed by atoms with Crippen LogP contribution >= 0.6 is 15.9 Å². The molecular formula is C10H10BrN3O. The van der Waals surface area contributed by atoms with Gasteiger partial charge in [-0.2, -0.15) is 0 Å². The summed E-state index contributed by atoms with van der Waals surface area (Å²) in [6, 6.07) is 7.35. The first-order valence-corrected chi connectivity index (χ1v) is 5.27. The Morgan fingerprint density at radius 1 is 1.40 bits per heavy atom. The van der Waals surface area contributed by atoms with Crippen LogP contribution in [-0.2, 0) is 0 Å². The lowest BCUT2D eigenvalue weighted by Crippen LogP contribution is -2.12. The number of nitrogens with two attached hydrogens (primary N) is 1. The summed E-state index contributed by atoms with van der Waals surface area (Å²) in [7, 11) is 0. The highest BCUT2D eigenvalue weighted by Crippen LogP contribution is 2.21. The van der Waals surface area contributed by atoms with Crippen LogP contribution in [0.2, 0.25) is 0 Å². The van der Waals surface area contributed by atoms with Crippen molar-refractivity contribution in [1.82, 2.24) is 10.2 Å². The van der Waals surface area contributed by atoms with E-state index in [2.05, 4.69) is 26.1 Å². The second-order valence-corrected chi connectivity index (χ2v) is 4.11. The van der Waals surface area contributed by atoms with E-state index in [-0.39, 0.29) is 6.04 Å². The Kier molecular flexibility index (Phi) is 2.83. The molecule has 78 valence electrons. The summed E-state index contributed by atoms with van der Waals surface area (Å²) in [5.41, 5.74) is 6.92.